The zero-order valence-corrected chi connectivity index (χ0v) is 37.1. The van der Waals surface area contributed by atoms with Gasteiger partial charge in [0.15, 0.2) is 24.9 Å². The highest BCUT2D eigenvalue weighted by atomic mass is 19.1. The molecule has 0 saturated carbocycles. The molecule has 2 fully saturated rings. The molecule has 0 aromatic heterocycles. The summed E-state index contributed by atoms with van der Waals surface area (Å²) < 4.78 is 75.1. The largest absolute Gasteiger partial charge is 0.454 e. The Kier molecular flexibility index (Phi) is 16.5. The van der Waals surface area contributed by atoms with Gasteiger partial charge in [-0.1, -0.05) is 140 Å². The van der Waals surface area contributed by atoms with Crippen molar-refractivity contribution in [2.45, 2.75) is 94.8 Å². The zero-order chi connectivity index (χ0) is 46.5. The number of carbonyl (C=O) groups excluding carboxylic acids is 3. The van der Waals surface area contributed by atoms with Crippen molar-refractivity contribution in [2.75, 3.05) is 19.8 Å². The third-order valence-corrected chi connectivity index (χ3v) is 11.6. The van der Waals surface area contributed by atoms with Crippen molar-refractivity contribution in [1.29, 1.82) is 0 Å². The van der Waals surface area contributed by atoms with Gasteiger partial charge in [0.05, 0.1) is 57.4 Å². The average Bonchev–Trinajstić information content (AvgIpc) is 3.60. The summed E-state index contributed by atoms with van der Waals surface area (Å²) in [4.78, 5) is 42.9. The van der Waals surface area contributed by atoms with E-state index in [4.69, 9.17) is 42.6 Å². The Morgan fingerprint density at radius 3 is 1.52 bits per heavy atom. The molecule has 14 heteroatoms. The van der Waals surface area contributed by atoms with Gasteiger partial charge < -0.3 is 42.6 Å². The van der Waals surface area contributed by atoms with Crippen LogP contribution in [-0.2, 0) is 73.9 Å². The summed E-state index contributed by atoms with van der Waals surface area (Å²) in [5, 5.41) is 0. The van der Waals surface area contributed by atoms with E-state index in [2.05, 4.69) is 6.58 Å². The molecule has 13 nitrogen and oxygen atoms in total. The lowest BCUT2D eigenvalue weighted by Crippen LogP contribution is -2.69. The van der Waals surface area contributed by atoms with Gasteiger partial charge in [0.25, 0.3) is 11.8 Å². The molecule has 2 saturated heterocycles. The first-order valence-electron chi connectivity index (χ1n) is 22.3. The Hall–Kier alpha value is -5.94. The number of amides is 2. The van der Waals surface area contributed by atoms with Gasteiger partial charge in [-0.3, -0.25) is 19.3 Å². The summed E-state index contributed by atoms with van der Waals surface area (Å²) in [7, 11) is 0. The number of benzene rings is 5. The van der Waals surface area contributed by atoms with E-state index in [0.29, 0.717) is 0 Å². The molecule has 5 aromatic rings. The highest BCUT2D eigenvalue weighted by Gasteiger charge is 2.58. The van der Waals surface area contributed by atoms with E-state index in [9.17, 15) is 14.4 Å². The van der Waals surface area contributed by atoms with Crippen molar-refractivity contribution in [2.24, 2.45) is 0 Å². The van der Waals surface area contributed by atoms with E-state index in [1.807, 2.05) is 121 Å². The van der Waals surface area contributed by atoms with Crippen molar-refractivity contribution < 1.29 is 61.4 Å². The number of esters is 1. The van der Waals surface area contributed by atoms with Crippen LogP contribution in [0.1, 0.15) is 49.9 Å². The Morgan fingerprint density at radius 1 is 0.582 bits per heavy atom. The van der Waals surface area contributed by atoms with Gasteiger partial charge in [-0.05, 0) is 34.4 Å². The summed E-state index contributed by atoms with van der Waals surface area (Å²) in [6.07, 6.45) is -11.0. The van der Waals surface area contributed by atoms with Crippen LogP contribution in [0.2, 0.25) is 0 Å². The maximum absolute atomic E-state index is 17.1. The van der Waals surface area contributed by atoms with Crippen LogP contribution in [-0.4, -0.2) is 104 Å². The Labute approximate surface area is 389 Å². The average molecular weight is 916 g/mol. The SMILES string of the molecule is C=CCO[C@@H]1O[C@H](COCc2ccccc2)[C@@H](O[C@@H]2O[C@H](COCc3ccccc3)[C@H](F)[C@H](OCc3ccccc3)[C@H]2OC(C)=O)[C@H](OCc2ccccc2)[C@H]1N1C(=O)c2ccccc2C1=O. The minimum absolute atomic E-state index is 0.0129. The molecule has 10 atom stereocenters. The van der Waals surface area contributed by atoms with Crippen LogP contribution < -0.4 is 0 Å². The van der Waals surface area contributed by atoms with Crippen LogP contribution in [0, 0.1) is 0 Å². The maximum Gasteiger partial charge on any atom is 0.303 e. The summed E-state index contributed by atoms with van der Waals surface area (Å²) in [5.41, 5.74) is 3.65. The summed E-state index contributed by atoms with van der Waals surface area (Å²) in [5.74, 6) is -1.93. The predicted molar refractivity (Wildman–Crippen MR) is 242 cm³/mol. The number of halogens is 1. The lowest BCUT2D eigenvalue weighted by molar-refractivity contribution is -0.355. The molecule has 0 radical (unpaired) electrons. The molecule has 0 N–H and O–H groups in total. The maximum atomic E-state index is 17.1. The van der Waals surface area contributed by atoms with Gasteiger partial charge >= 0.3 is 5.97 Å². The first kappa shape index (κ1) is 47.5. The highest BCUT2D eigenvalue weighted by Crippen LogP contribution is 2.39. The molecule has 3 aliphatic heterocycles. The van der Waals surface area contributed by atoms with Gasteiger partial charge in [0, 0.05) is 6.92 Å². The number of carbonyl (C=O) groups is 3. The van der Waals surface area contributed by atoms with Crippen LogP contribution >= 0.6 is 0 Å². The minimum atomic E-state index is -1.87. The summed E-state index contributed by atoms with van der Waals surface area (Å²) >= 11 is 0. The van der Waals surface area contributed by atoms with Crippen molar-refractivity contribution in [3.05, 3.63) is 192 Å². The molecular formula is C53H54FNO12. The van der Waals surface area contributed by atoms with Gasteiger partial charge in [0.1, 0.15) is 36.6 Å². The normalized spacial score (nSPS) is 26.0. The molecule has 3 heterocycles. The minimum Gasteiger partial charge on any atom is -0.454 e. The standard InChI is InChI=1S/C53H54FNO12/c1-3-28-61-52-45(55-50(57)40-26-16-17-27-41(40)51(55)58)48(63-32-39-24-14-7-15-25-39)46(43(66-52)34-60-30-37-20-10-5-11-21-37)67-53-49(64-35(2)56)47(62-31-38-22-12-6-13-23-38)44(54)42(65-53)33-59-29-36-18-8-4-9-19-36/h3-27,42-49,52-53H,1,28-34H2,2H3/t42-,43-,44+,45-,46-,47+,48-,49-,52-,53+/m1/s1. The van der Waals surface area contributed by atoms with Gasteiger partial charge in [-0.15, -0.1) is 6.58 Å². The van der Waals surface area contributed by atoms with Crippen LogP contribution in [0.15, 0.2) is 158 Å². The lowest BCUT2D eigenvalue weighted by atomic mass is 9.94. The van der Waals surface area contributed by atoms with Crippen molar-refractivity contribution in [3.63, 3.8) is 0 Å². The molecule has 67 heavy (non-hydrogen) atoms. The lowest BCUT2D eigenvalue weighted by Gasteiger charge is -2.50. The van der Waals surface area contributed by atoms with Gasteiger partial charge in [-0.2, -0.15) is 0 Å². The second-order valence-electron chi connectivity index (χ2n) is 16.4. The molecule has 0 bridgehead atoms. The van der Waals surface area contributed by atoms with Crippen LogP contribution in [0.4, 0.5) is 4.39 Å². The van der Waals surface area contributed by atoms with E-state index in [-0.39, 0.29) is 57.4 Å². The Balaban J connectivity index is 1.19. The number of rotatable bonds is 21. The van der Waals surface area contributed by atoms with Gasteiger partial charge in [0.2, 0.25) is 0 Å². The molecule has 0 aliphatic carbocycles. The van der Waals surface area contributed by atoms with Crippen molar-refractivity contribution in [3.8, 4) is 0 Å². The molecule has 350 valence electrons. The Bertz CT molecular complexity index is 2340. The summed E-state index contributed by atoms with van der Waals surface area (Å²) in [6.45, 7) is 4.92. The number of imide groups is 1. The van der Waals surface area contributed by atoms with E-state index in [0.717, 1.165) is 27.2 Å². The smallest absolute Gasteiger partial charge is 0.303 e. The third-order valence-electron chi connectivity index (χ3n) is 11.6. The van der Waals surface area contributed by atoms with Crippen molar-refractivity contribution >= 4 is 17.8 Å². The summed E-state index contributed by atoms with van der Waals surface area (Å²) in [6, 6.07) is 42.7. The van der Waals surface area contributed by atoms with Crippen molar-refractivity contribution in [1.82, 2.24) is 4.90 Å². The number of hydrogen-bond acceptors (Lipinski definition) is 12. The first-order chi connectivity index (χ1) is 32.8. The molecule has 8 rings (SSSR count). The number of ether oxygens (including phenoxy) is 9. The fraction of sp³-hybridized carbons (Fsp3) is 0.340. The monoisotopic (exact) mass is 915 g/mol. The fourth-order valence-electron chi connectivity index (χ4n) is 8.47. The van der Waals surface area contributed by atoms with Crippen LogP contribution in [0.3, 0.4) is 0 Å². The number of alkyl halides is 1. The predicted octanol–water partition coefficient (Wildman–Crippen LogP) is 7.56. The zero-order valence-electron chi connectivity index (χ0n) is 37.1. The van der Waals surface area contributed by atoms with E-state index in [1.54, 1.807) is 24.3 Å². The molecule has 0 spiro atoms. The number of fused-ring (bicyclic) bond motifs is 1. The van der Waals surface area contributed by atoms with Crippen LogP contribution in [0.5, 0.6) is 0 Å². The van der Waals surface area contributed by atoms with E-state index in [1.165, 1.54) is 13.0 Å². The second-order valence-corrected chi connectivity index (χ2v) is 16.4. The van der Waals surface area contributed by atoms with Crippen LogP contribution in [0.25, 0.3) is 0 Å². The highest BCUT2D eigenvalue weighted by molar-refractivity contribution is 6.21. The van der Waals surface area contributed by atoms with E-state index >= 15 is 4.39 Å². The Morgan fingerprint density at radius 2 is 1.03 bits per heavy atom. The quantitative estimate of drug-likeness (QED) is 0.0408. The molecule has 2 amide bonds. The number of nitrogens with zero attached hydrogens (tertiary/aromatic N) is 1. The first-order valence-corrected chi connectivity index (χ1v) is 22.3. The molecule has 0 unspecified atom stereocenters. The molecular weight excluding hydrogens is 862 g/mol. The fourth-order valence-corrected chi connectivity index (χ4v) is 8.47. The molecule has 5 aromatic carbocycles. The number of hydrogen-bond donors (Lipinski definition) is 0. The van der Waals surface area contributed by atoms with Gasteiger partial charge in [-0.25, -0.2) is 4.39 Å². The topological polar surface area (TPSA) is 138 Å². The molecule has 3 aliphatic rings. The van der Waals surface area contributed by atoms with E-state index < -0.39 is 79.2 Å². The second kappa shape index (κ2) is 23.2. The third kappa shape index (κ3) is 11.8.